The predicted octanol–water partition coefficient (Wildman–Crippen LogP) is 13.4. The van der Waals surface area contributed by atoms with Crippen LogP contribution in [0.5, 0.6) is 0 Å². The van der Waals surface area contributed by atoms with E-state index in [4.69, 9.17) is 26.2 Å². The number of hydrogen-bond donors (Lipinski definition) is 0. The molecule has 2 heterocycles. The molecule has 4 nitrogen and oxygen atoms in total. The predicted molar refractivity (Wildman–Crippen MR) is 225 cm³/mol. The topological polar surface area (TPSA) is 51.8 Å². The maximum absolute atomic E-state index is 8.43. The zero-order chi connectivity index (χ0) is 40.9. The molecule has 0 spiro atoms. The zero-order valence-electron chi connectivity index (χ0n) is 34.4. The first-order valence-corrected chi connectivity index (χ1v) is 18.0. The molecule has 0 saturated heterocycles. The highest BCUT2D eigenvalue weighted by molar-refractivity contribution is 6.07. The molecule has 0 N–H and O–H groups in total. The van der Waals surface area contributed by atoms with Gasteiger partial charge in [-0.1, -0.05) is 170 Å². The van der Waals surface area contributed by atoms with E-state index in [0.29, 0.717) is 28.6 Å². The van der Waals surface area contributed by atoms with E-state index in [2.05, 4.69) is 91.0 Å². The van der Waals surface area contributed by atoms with Crippen molar-refractivity contribution in [1.29, 1.82) is 0 Å². The van der Waals surface area contributed by atoms with Gasteiger partial charge in [0.05, 0.1) is 6.85 Å². The minimum atomic E-state index is -0.425. The van der Waals surface area contributed by atoms with E-state index in [9.17, 15) is 0 Å². The van der Waals surface area contributed by atoms with Crippen molar-refractivity contribution >= 4 is 21.9 Å². The summed E-state index contributed by atoms with van der Waals surface area (Å²) in [6.45, 7) is 0. The number of furan rings is 1. The maximum Gasteiger partial charge on any atom is 0.164 e. The van der Waals surface area contributed by atoms with Gasteiger partial charge in [0.1, 0.15) is 11.2 Å². The molecule has 0 aliphatic heterocycles. The molecule has 10 aromatic rings. The molecule has 8 aromatic carbocycles. The van der Waals surface area contributed by atoms with Crippen molar-refractivity contribution in [2.24, 2.45) is 0 Å². The summed E-state index contributed by atoms with van der Waals surface area (Å²) in [4.78, 5) is 14.7. The van der Waals surface area contributed by atoms with Crippen molar-refractivity contribution in [3.63, 3.8) is 0 Å². The van der Waals surface area contributed by atoms with Gasteiger partial charge in [-0.2, -0.15) is 0 Å². The molecule has 0 aliphatic carbocycles. The van der Waals surface area contributed by atoms with Gasteiger partial charge in [0.2, 0.25) is 0 Å². The van der Waals surface area contributed by atoms with Crippen LogP contribution in [0.25, 0.3) is 101 Å². The van der Waals surface area contributed by atoms with Crippen molar-refractivity contribution in [3.05, 3.63) is 200 Å². The highest BCUT2D eigenvalue weighted by Gasteiger charge is 2.15. The minimum Gasteiger partial charge on any atom is -0.456 e. The summed E-state index contributed by atoms with van der Waals surface area (Å²) >= 11 is 0. The number of fused-ring (bicyclic) bond motifs is 3. The third kappa shape index (κ3) is 6.36. The van der Waals surface area contributed by atoms with Crippen molar-refractivity contribution in [1.82, 2.24) is 15.0 Å². The Labute approximate surface area is 326 Å². The summed E-state index contributed by atoms with van der Waals surface area (Å²) in [5.41, 5.74) is 11.3. The van der Waals surface area contributed by atoms with E-state index in [1.807, 2.05) is 54.6 Å². The number of rotatable bonds is 7. The van der Waals surface area contributed by atoms with Crippen LogP contribution in [0.3, 0.4) is 0 Å². The van der Waals surface area contributed by atoms with Gasteiger partial charge in [0.25, 0.3) is 0 Å². The summed E-state index contributed by atoms with van der Waals surface area (Å²) in [6, 6.07) is 55.0. The Morgan fingerprint density at radius 3 is 1.31 bits per heavy atom. The number of hydrogen-bond acceptors (Lipinski definition) is 4. The molecule has 0 amide bonds. The molecule has 0 atom stereocenters. The van der Waals surface area contributed by atoms with E-state index < -0.39 is 6.04 Å². The van der Waals surface area contributed by atoms with Crippen LogP contribution in [-0.2, 0) is 0 Å². The lowest BCUT2D eigenvalue weighted by Gasteiger charge is -2.09. The largest absolute Gasteiger partial charge is 0.456 e. The third-order valence-electron chi connectivity index (χ3n) is 9.87. The van der Waals surface area contributed by atoms with E-state index >= 15 is 0 Å². The second-order valence-electron chi connectivity index (χ2n) is 13.3. The maximum atomic E-state index is 8.43. The first kappa shape index (κ1) is 27.2. The highest BCUT2D eigenvalue weighted by Crippen LogP contribution is 2.36. The SMILES string of the molecule is [2H]c1c([2H])c([2H])c(-c2ccc(-c3nc(-c4ccccc4)nc(-c4ccc5oc6cc(-c7ccc(-c8ccc(-c9ccccc9)cc8)cc7)ccc6c5c4)n3)cc2)c([2H])c1[2H]. The van der Waals surface area contributed by atoms with Crippen LogP contribution >= 0.6 is 0 Å². The molecule has 0 saturated carbocycles. The summed E-state index contributed by atoms with van der Waals surface area (Å²) in [6.07, 6.45) is 0. The van der Waals surface area contributed by atoms with Gasteiger partial charge in [0.15, 0.2) is 17.5 Å². The van der Waals surface area contributed by atoms with E-state index in [0.717, 1.165) is 55.3 Å². The molecule has 2 aromatic heterocycles. The summed E-state index contributed by atoms with van der Waals surface area (Å²) in [5, 5.41) is 1.92. The van der Waals surface area contributed by atoms with Crippen molar-refractivity contribution in [2.75, 3.05) is 0 Å². The minimum absolute atomic E-state index is 0.139. The molecule has 4 heteroatoms. The van der Waals surface area contributed by atoms with Crippen LogP contribution in [0.1, 0.15) is 6.85 Å². The third-order valence-corrected chi connectivity index (χ3v) is 9.87. The fourth-order valence-electron chi connectivity index (χ4n) is 6.97. The zero-order valence-corrected chi connectivity index (χ0v) is 29.4. The average Bonchev–Trinajstić information content (AvgIpc) is 3.68. The first-order chi connectivity index (χ1) is 29.3. The first-order valence-electron chi connectivity index (χ1n) is 20.5. The molecule has 0 radical (unpaired) electrons. The molecule has 0 fully saturated rings. The average molecular weight is 709 g/mol. The van der Waals surface area contributed by atoms with Crippen LogP contribution in [0.15, 0.2) is 204 Å². The Kier molecular flexibility index (Phi) is 6.85. The Hall–Kier alpha value is -7.43. The molecule has 0 unspecified atom stereocenters. The Morgan fingerprint density at radius 1 is 0.309 bits per heavy atom. The van der Waals surface area contributed by atoms with Crippen LogP contribution in [0.2, 0.25) is 0 Å². The molecule has 55 heavy (non-hydrogen) atoms. The quantitative estimate of drug-likeness (QED) is 0.165. The number of benzene rings is 8. The number of nitrogens with zero attached hydrogens (tertiary/aromatic N) is 3. The fourth-order valence-corrected chi connectivity index (χ4v) is 6.97. The molecular weight excluding hydrogens is 671 g/mol. The van der Waals surface area contributed by atoms with Crippen molar-refractivity contribution in [3.8, 4) is 78.7 Å². The van der Waals surface area contributed by atoms with Crippen molar-refractivity contribution in [2.45, 2.75) is 0 Å². The second-order valence-corrected chi connectivity index (χ2v) is 13.3. The fraction of sp³-hybridized carbons (Fsp3) is 0. The molecule has 0 bridgehead atoms. The normalized spacial score (nSPS) is 12.5. The van der Waals surface area contributed by atoms with Crippen LogP contribution < -0.4 is 0 Å². The van der Waals surface area contributed by atoms with Gasteiger partial charge in [-0.05, 0) is 74.8 Å². The van der Waals surface area contributed by atoms with Crippen LogP contribution in [0.4, 0.5) is 0 Å². The summed E-state index contributed by atoms with van der Waals surface area (Å²) in [5.74, 6) is 1.42. The Bertz CT molecular complexity index is 3200. The lowest BCUT2D eigenvalue weighted by atomic mass is 9.97. The van der Waals surface area contributed by atoms with E-state index in [1.165, 1.54) is 11.1 Å². The monoisotopic (exact) mass is 708 g/mol. The molecule has 258 valence electrons. The lowest BCUT2D eigenvalue weighted by Crippen LogP contribution is -2.00. The second kappa shape index (κ2) is 13.8. The Morgan fingerprint density at radius 2 is 0.727 bits per heavy atom. The van der Waals surface area contributed by atoms with Gasteiger partial charge in [-0.3, -0.25) is 0 Å². The van der Waals surface area contributed by atoms with Crippen molar-refractivity contribution < 1.29 is 11.3 Å². The summed E-state index contributed by atoms with van der Waals surface area (Å²) < 4.78 is 47.5. The Balaban J connectivity index is 0.972. The standard InChI is InChI=1S/C51H33N3O/c1-4-10-34(11-5-1)36-16-18-38(19-17-36)39-20-22-40(23-21-39)43-28-30-45-46-32-44(29-31-47(46)55-48(45)33-43)51-53-49(41-14-8-3-9-15-41)52-50(54-51)42-26-24-37(25-27-42)35-12-6-2-7-13-35/h1-33H/i2D,6D,7D,12D,13D. The van der Waals surface area contributed by atoms with Gasteiger partial charge >= 0.3 is 0 Å². The molecule has 0 aliphatic rings. The van der Waals surface area contributed by atoms with Gasteiger partial charge in [-0.15, -0.1) is 0 Å². The lowest BCUT2D eigenvalue weighted by molar-refractivity contribution is 0.669. The van der Waals surface area contributed by atoms with Gasteiger partial charge in [-0.25, -0.2) is 15.0 Å². The van der Waals surface area contributed by atoms with Crippen LogP contribution in [0, 0.1) is 0 Å². The highest BCUT2D eigenvalue weighted by atomic mass is 16.3. The molecule has 10 rings (SSSR count). The number of aromatic nitrogens is 3. The smallest absolute Gasteiger partial charge is 0.164 e. The summed E-state index contributed by atoms with van der Waals surface area (Å²) in [7, 11) is 0. The van der Waals surface area contributed by atoms with Gasteiger partial charge in [0, 0.05) is 27.5 Å². The van der Waals surface area contributed by atoms with E-state index in [1.54, 1.807) is 24.3 Å². The molecular formula is C51H33N3O. The van der Waals surface area contributed by atoms with Crippen LogP contribution in [-0.4, -0.2) is 15.0 Å². The van der Waals surface area contributed by atoms with Gasteiger partial charge < -0.3 is 4.42 Å². The van der Waals surface area contributed by atoms with E-state index in [-0.39, 0.29) is 29.7 Å².